The molecule has 0 aliphatic carbocycles. The summed E-state index contributed by atoms with van der Waals surface area (Å²) in [6, 6.07) is 5.49. The number of rotatable bonds is 4. The van der Waals surface area contributed by atoms with Crippen molar-refractivity contribution >= 4 is 17.6 Å². The molecule has 2 bridgehead atoms. The van der Waals surface area contributed by atoms with E-state index in [1.165, 1.54) is 17.0 Å². The Kier molecular flexibility index (Phi) is 3.37. The number of hydrogen-bond acceptors (Lipinski definition) is 3. The van der Waals surface area contributed by atoms with Crippen molar-refractivity contribution in [3.63, 3.8) is 0 Å². The van der Waals surface area contributed by atoms with E-state index in [4.69, 9.17) is 4.74 Å². The van der Waals surface area contributed by atoms with Gasteiger partial charge in [-0.05, 0) is 25.5 Å². The number of carboxylic acid groups (broad SMARTS) is 1. The molecule has 130 valence electrons. The van der Waals surface area contributed by atoms with Crippen LogP contribution in [0, 0.1) is 17.7 Å². The Labute approximate surface area is 144 Å². The summed E-state index contributed by atoms with van der Waals surface area (Å²) in [7, 11) is 0. The number of amides is 1. The summed E-state index contributed by atoms with van der Waals surface area (Å²) in [6.45, 7) is 5.74. The average Bonchev–Trinajstić information content (AvgIpc) is 3.18. The Morgan fingerprint density at radius 3 is 2.80 bits per heavy atom. The summed E-state index contributed by atoms with van der Waals surface area (Å²) in [4.78, 5) is 26.3. The fourth-order valence-corrected chi connectivity index (χ4v) is 4.45. The van der Waals surface area contributed by atoms with Gasteiger partial charge in [-0.2, -0.15) is 0 Å². The first-order valence-electron chi connectivity index (χ1n) is 8.19. The van der Waals surface area contributed by atoms with E-state index < -0.39 is 47.3 Å². The largest absolute Gasteiger partial charge is 0.481 e. The minimum atomic E-state index is -1.07. The zero-order chi connectivity index (χ0) is 17.9. The van der Waals surface area contributed by atoms with Gasteiger partial charge >= 0.3 is 5.97 Å². The molecule has 1 spiro atoms. The van der Waals surface area contributed by atoms with E-state index in [2.05, 4.69) is 6.58 Å². The maximum atomic E-state index is 14.4. The second-order valence-electron chi connectivity index (χ2n) is 6.97. The smallest absolute Gasteiger partial charge is 0.310 e. The number of nitrogens with zero attached hydrogens (tertiary/aromatic N) is 1. The molecule has 25 heavy (non-hydrogen) atoms. The number of anilines is 1. The molecular weight excluding hydrogens is 325 g/mol. The Bertz CT molecular complexity index is 819. The molecule has 0 unspecified atom stereocenters. The normalized spacial score (nSPS) is 35.3. The van der Waals surface area contributed by atoms with Crippen LogP contribution in [0.5, 0.6) is 0 Å². The second-order valence-corrected chi connectivity index (χ2v) is 6.97. The quantitative estimate of drug-likeness (QED) is 0.853. The van der Waals surface area contributed by atoms with Gasteiger partial charge in [0.15, 0.2) is 0 Å². The SMILES string of the molecule is C=C(C)C[C@H]1N(c2ccccc2F)C(=O)[C@@H]2[C@@H](C(=O)O)[C@@H]3C=C[C@]21O3. The van der Waals surface area contributed by atoms with Crippen molar-refractivity contribution in [2.45, 2.75) is 31.1 Å². The molecule has 6 heteroatoms. The lowest BCUT2D eigenvalue weighted by Crippen LogP contribution is -2.45. The number of carbonyl (C=O) groups excluding carboxylic acids is 1. The van der Waals surface area contributed by atoms with Gasteiger partial charge in [0.25, 0.3) is 0 Å². The van der Waals surface area contributed by atoms with E-state index in [1.54, 1.807) is 24.3 Å². The second kappa shape index (κ2) is 5.26. The summed E-state index contributed by atoms with van der Waals surface area (Å²) in [5, 5.41) is 9.60. The van der Waals surface area contributed by atoms with Gasteiger partial charge in [-0.3, -0.25) is 9.59 Å². The van der Waals surface area contributed by atoms with Gasteiger partial charge in [-0.25, -0.2) is 4.39 Å². The lowest BCUT2D eigenvalue weighted by Gasteiger charge is -2.33. The van der Waals surface area contributed by atoms with Gasteiger partial charge in [0, 0.05) is 0 Å². The van der Waals surface area contributed by atoms with Crippen LogP contribution < -0.4 is 4.90 Å². The molecule has 1 N–H and O–H groups in total. The molecule has 2 saturated heterocycles. The lowest BCUT2D eigenvalue weighted by atomic mass is 9.74. The van der Waals surface area contributed by atoms with E-state index in [-0.39, 0.29) is 5.69 Å². The van der Waals surface area contributed by atoms with Crippen molar-refractivity contribution in [1.29, 1.82) is 0 Å². The highest BCUT2D eigenvalue weighted by Crippen LogP contribution is 2.56. The molecule has 0 aromatic heterocycles. The van der Waals surface area contributed by atoms with Gasteiger partial charge in [0.2, 0.25) is 5.91 Å². The number of hydrogen-bond donors (Lipinski definition) is 1. The molecule has 3 heterocycles. The molecule has 3 aliphatic heterocycles. The maximum Gasteiger partial charge on any atom is 0.310 e. The monoisotopic (exact) mass is 343 g/mol. The number of benzene rings is 1. The molecule has 1 aromatic carbocycles. The molecule has 2 fully saturated rings. The number of carboxylic acids is 1. The zero-order valence-corrected chi connectivity index (χ0v) is 13.7. The first-order valence-corrected chi connectivity index (χ1v) is 8.19. The predicted octanol–water partition coefficient (Wildman–Crippen LogP) is 2.53. The van der Waals surface area contributed by atoms with Gasteiger partial charge in [0.1, 0.15) is 17.3 Å². The van der Waals surface area contributed by atoms with Crippen molar-refractivity contribution in [2.24, 2.45) is 11.8 Å². The van der Waals surface area contributed by atoms with E-state index in [9.17, 15) is 19.1 Å². The Morgan fingerprint density at radius 1 is 1.44 bits per heavy atom. The summed E-state index contributed by atoms with van der Waals surface area (Å²) < 4.78 is 20.4. The van der Waals surface area contributed by atoms with Gasteiger partial charge in [0.05, 0.1) is 23.8 Å². The van der Waals surface area contributed by atoms with Crippen LogP contribution in [0.3, 0.4) is 0 Å². The molecular formula is C19H18FNO4. The van der Waals surface area contributed by atoms with Crippen LogP contribution in [0.25, 0.3) is 0 Å². The Morgan fingerprint density at radius 2 is 2.16 bits per heavy atom. The van der Waals surface area contributed by atoms with Crippen molar-refractivity contribution in [3.05, 3.63) is 54.4 Å². The highest BCUT2D eigenvalue weighted by molar-refractivity contribution is 6.03. The fourth-order valence-electron chi connectivity index (χ4n) is 4.45. The van der Waals surface area contributed by atoms with Crippen molar-refractivity contribution in [2.75, 3.05) is 4.90 Å². The molecule has 4 rings (SSSR count). The number of fused-ring (bicyclic) bond motifs is 1. The highest BCUT2D eigenvalue weighted by atomic mass is 19.1. The summed E-state index contributed by atoms with van der Waals surface area (Å²) in [6.07, 6.45) is 3.27. The molecule has 1 aromatic rings. The zero-order valence-electron chi connectivity index (χ0n) is 13.7. The lowest BCUT2D eigenvalue weighted by molar-refractivity contribution is -0.146. The Balaban J connectivity index is 1.87. The van der Waals surface area contributed by atoms with E-state index >= 15 is 0 Å². The fraction of sp³-hybridized carbons (Fsp3) is 0.368. The summed E-state index contributed by atoms with van der Waals surface area (Å²) >= 11 is 0. The van der Waals surface area contributed by atoms with Gasteiger partial charge in [-0.15, -0.1) is 6.58 Å². The Hall–Kier alpha value is -2.47. The number of ether oxygens (including phenoxy) is 1. The minimum absolute atomic E-state index is 0.145. The summed E-state index contributed by atoms with van der Waals surface area (Å²) in [5.74, 6) is -3.81. The third kappa shape index (κ3) is 2.03. The van der Waals surface area contributed by atoms with Crippen molar-refractivity contribution in [3.8, 4) is 0 Å². The van der Waals surface area contributed by atoms with E-state index in [0.717, 1.165) is 5.57 Å². The maximum absolute atomic E-state index is 14.4. The first kappa shape index (κ1) is 16.0. The molecule has 5 atom stereocenters. The van der Waals surface area contributed by atoms with Crippen LogP contribution >= 0.6 is 0 Å². The van der Waals surface area contributed by atoms with Crippen molar-refractivity contribution < 1.29 is 23.8 Å². The van der Waals surface area contributed by atoms with Gasteiger partial charge < -0.3 is 14.7 Å². The topological polar surface area (TPSA) is 66.8 Å². The van der Waals surface area contributed by atoms with Crippen LogP contribution in [-0.4, -0.2) is 34.7 Å². The third-order valence-corrected chi connectivity index (χ3v) is 5.36. The molecule has 5 nitrogen and oxygen atoms in total. The minimum Gasteiger partial charge on any atom is -0.481 e. The number of halogens is 1. The number of aliphatic carboxylic acids is 1. The standard InChI is InChI=1S/C19H18FNO4/c1-10(2)9-14-19-8-7-13(25-19)15(18(23)24)16(19)17(22)21(14)12-6-4-3-5-11(12)20/h3-8,13-16H,1,9H2,2H3,(H,23,24)/t13-,14+,15-,16-,19+/m0/s1. The van der Waals surface area contributed by atoms with Crippen LogP contribution in [0.4, 0.5) is 10.1 Å². The average molecular weight is 343 g/mol. The van der Waals surface area contributed by atoms with Crippen LogP contribution in [-0.2, 0) is 14.3 Å². The first-order chi connectivity index (χ1) is 11.9. The molecule has 3 aliphatic rings. The van der Waals surface area contributed by atoms with Gasteiger partial charge in [-0.1, -0.05) is 29.9 Å². The van der Waals surface area contributed by atoms with Crippen LogP contribution in [0.15, 0.2) is 48.6 Å². The third-order valence-electron chi connectivity index (χ3n) is 5.36. The van der Waals surface area contributed by atoms with E-state index in [1.807, 2.05) is 6.92 Å². The summed E-state index contributed by atoms with van der Waals surface area (Å²) in [5.41, 5.74) is -0.0908. The van der Waals surface area contributed by atoms with E-state index in [0.29, 0.717) is 6.42 Å². The highest BCUT2D eigenvalue weighted by Gasteiger charge is 2.71. The molecule has 1 amide bonds. The predicted molar refractivity (Wildman–Crippen MR) is 88.5 cm³/mol. The van der Waals surface area contributed by atoms with Crippen LogP contribution in [0.2, 0.25) is 0 Å². The molecule has 0 radical (unpaired) electrons. The molecule has 0 saturated carbocycles. The van der Waals surface area contributed by atoms with Crippen molar-refractivity contribution in [1.82, 2.24) is 0 Å². The number of para-hydroxylation sites is 1. The number of carbonyl (C=O) groups is 2. The van der Waals surface area contributed by atoms with Crippen LogP contribution in [0.1, 0.15) is 13.3 Å².